The summed E-state index contributed by atoms with van der Waals surface area (Å²) >= 11 is 7.39. The average Bonchev–Trinajstić information content (AvgIpc) is 2.59. The molecule has 1 heterocycles. The standard InChI is InChI=1S/C10H10ClNOS/c1-13-8-2-6(4-11)3-9-10(8)7(12)5-14-9/h2-3,5H,4,12H2,1H3. The van der Waals surface area contributed by atoms with Crippen LogP contribution in [-0.4, -0.2) is 7.11 Å². The van der Waals surface area contributed by atoms with Gasteiger partial charge in [-0.1, -0.05) is 0 Å². The molecule has 2 N–H and O–H groups in total. The molecule has 0 unspecified atom stereocenters. The van der Waals surface area contributed by atoms with Crippen molar-refractivity contribution in [3.8, 4) is 5.75 Å². The number of ether oxygens (including phenoxy) is 1. The second kappa shape index (κ2) is 3.67. The fourth-order valence-corrected chi connectivity index (χ4v) is 2.53. The molecule has 2 rings (SSSR count). The van der Waals surface area contributed by atoms with Crippen LogP contribution in [0.15, 0.2) is 17.5 Å². The van der Waals surface area contributed by atoms with Gasteiger partial charge in [0, 0.05) is 16.0 Å². The van der Waals surface area contributed by atoms with E-state index in [1.807, 2.05) is 17.5 Å². The first-order valence-corrected chi connectivity index (χ1v) is 5.57. The first-order valence-electron chi connectivity index (χ1n) is 4.16. The zero-order valence-corrected chi connectivity index (χ0v) is 9.28. The van der Waals surface area contributed by atoms with Gasteiger partial charge in [0.15, 0.2) is 0 Å². The molecule has 0 radical (unpaired) electrons. The van der Waals surface area contributed by atoms with E-state index in [9.17, 15) is 0 Å². The number of nitrogens with two attached hydrogens (primary N) is 1. The van der Waals surface area contributed by atoms with E-state index in [0.29, 0.717) is 5.88 Å². The van der Waals surface area contributed by atoms with Gasteiger partial charge in [0.1, 0.15) is 5.75 Å². The molecule has 2 aromatic rings. The Kier molecular flexibility index (Phi) is 2.52. The molecule has 0 spiro atoms. The van der Waals surface area contributed by atoms with Crippen molar-refractivity contribution >= 4 is 38.7 Å². The maximum Gasteiger partial charge on any atom is 0.129 e. The van der Waals surface area contributed by atoms with E-state index in [2.05, 4.69) is 0 Å². The van der Waals surface area contributed by atoms with Gasteiger partial charge in [-0.05, 0) is 17.7 Å². The van der Waals surface area contributed by atoms with E-state index in [-0.39, 0.29) is 0 Å². The maximum atomic E-state index is 5.84. The summed E-state index contributed by atoms with van der Waals surface area (Å²) in [5.41, 5.74) is 7.66. The highest BCUT2D eigenvalue weighted by Crippen LogP contribution is 2.36. The minimum atomic E-state index is 0.490. The highest BCUT2D eigenvalue weighted by atomic mass is 35.5. The van der Waals surface area contributed by atoms with Crippen LogP contribution in [0.5, 0.6) is 5.75 Å². The number of benzene rings is 1. The zero-order valence-electron chi connectivity index (χ0n) is 7.71. The Balaban J connectivity index is 2.76. The third kappa shape index (κ3) is 1.42. The van der Waals surface area contributed by atoms with Crippen LogP contribution >= 0.6 is 22.9 Å². The number of fused-ring (bicyclic) bond motifs is 1. The number of nitrogen functional groups attached to an aromatic ring is 1. The number of alkyl halides is 1. The van der Waals surface area contributed by atoms with Gasteiger partial charge in [0.05, 0.1) is 18.2 Å². The minimum Gasteiger partial charge on any atom is -0.496 e. The lowest BCUT2D eigenvalue weighted by atomic mass is 10.1. The molecule has 14 heavy (non-hydrogen) atoms. The van der Waals surface area contributed by atoms with Gasteiger partial charge in [-0.25, -0.2) is 0 Å². The lowest BCUT2D eigenvalue weighted by Crippen LogP contribution is -1.89. The van der Waals surface area contributed by atoms with Gasteiger partial charge in [0.25, 0.3) is 0 Å². The molecule has 0 aliphatic carbocycles. The van der Waals surface area contributed by atoms with Crippen LogP contribution < -0.4 is 10.5 Å². The number of methoxy groups -OCH3 is 1. The van der Waals surface area contributed by atoms with Crippen LogP contribution in [0.3, 0.4) is 0 Å². The van der Waals surface area contributed by atoms with Gasteiger partial charge in [0.2, 0.25) is 0 Å². The number of thiophene rings is 1. The van der Waals surface area contributed by atoms with Crippen molar-refractivity contribution in [2.24, 2.45) is 0 Å². The number of hydrogen-bond acceptors (Lipinski definition) is 3. The Morgan fingerprint density at radius 1 is 1.50 bits per heavy atom. The third-order valence-corrected chi connectivity index (χ3v) is 3.36. The molecule has 0 fully saturated rings. The van der Waals surface area contributed by atoms with Crippen LogP contribution in [-0.2, 0) is 5.88 Å². The van der Waals surface area contributed by atoms with Crippen molar-refractivity contribution in [2.75, 3.05) is 12.8 Å². The Labute approximate surface area is 91.2 Å². The minimum absolute atomic E-state index is 0.490. The monoisotopic (exact) mass is 227 g/mol. The van der Waals surface area contributed by atoms with Crippen molar-refractivity contribution in [1.29, 1.82) is 0 Å². The van der Waals surface area contributed by atoms with Crippen LogP contribution in [0.2, 0.25) is 0 Å². The van der Waals surface area contributed by atoms with E-state index in [1.165, 1.54) is 0 Å². The van der Waals surface area contributed by atoms with Gasteiger partial charge in [-0.15, -0.1) is 22.9 Å². The molecule has 0 amide bonds. The summed E-state index contributed by atoms with van der Waals surface area (Å²) in [7, 11) is 1.64. The first kappa shape index (κ1) is 9.62. The van der Waals surface area contributed by atoms with Gasteiger partial charge in [-0.3, -0.25) is 0 Å². The normalized spacial score (nSPS) is 10.7. The highest BCUT2D eigenvalue weighted by molar-refractivity contribution is 7.17. The molecule has 4 heteroatoms. The maximum absolute atomic E-state index is 5.84. The molecule has 0 aliphatic rings. The van der Waals surface area contributed by atoms with Crippen LogP contribution in [0, 0.1) is 0 Å². The van der Waals surface area contributed by atoms with Crippen molar-refractivity contribution in [3.63, 3.8) is 0 Å². The summed E-state index contributed by atoms with van der Waals surface area (Å²) < 4.78 is 6.40. The molecular formula is C10H10ClNOS. The van der Waals surface area contributed by atoms with Crippen molar-refractivity contribution in [2.45, 2.75) is 5.88 Å². The Bertz CT molecular complexity index is 466. The highest BCUT2D eigenvalue weighted by Gasteiger charge is 2.08. The SMILES string of the molecule is COc1cc(CCl)cc2scc(N)c12. The summed E-state index contributed by atoms with van der Waals surface area (Å²) in [6, 6.07) is 3.98. The fourth-order valence-electron chi connectivity index (χ4n) is 1.45. The Morgan fingerprint density at radius 2 is 2.29 bits per heavy atom. The largest absolute Gasteiger partial charge is 0.496 e. The van der Waals surface area contributed by atoms with Gasteiger partial charge < -0.3 is 10.5 Å². The smallest absolute Gasteiger partial charge is 0.129 e. The topological polar surface area (TPSA) is 35.2 Å². The van der Waals surface area contributed by atoms with E-state index in [1.54, 1.807) is 18.4 Å². The number of rotatable bonds is 2. The first-order chi connectivity index (χ1) is 6.76. The fraction of sp³-hybridized carbons (Fsp3) is 0.200. The molecule has 0 atom stereocenters. The molecular weight excluding hydrogens is 218 g/mol. The van der Waals surface area contributed by atoms with Crippen molar-refractivity contribution in [1.82, 2.24) is 0 Å². The lowest BCUT2D eigenvalue weighted by molar-refractivity contribution is 0.419. The van der Waals surface area contributed by atoms with Crippen LogP contribution in [0.1, 0.15) is 5.56 Å². The van der Waals surface area contributed by atoms with E-state index >= 15 is 0 Å². The molecule has 1 aromatic carbocycles. The second-order valence-corrected chi connectivity index (χ2v) is 4.17. The number of halogens is 1. The molecule has 0 bridgehead atoms. The van der Waals surface area contributed by atoms with E-state index in [0.717, 1.165) is 27.1 Å². The summed E-state index contributed by atoms with van der Waals surface area (Å²) in [4.78, 5) is 0. The summed E-state index contributed by atoms with van der Waals surface area (Å²) in [5.74, 6) is 1.29. The second-order valence-electron chi connectivity index (χ2n) is 3.00. The lowest BCUT2D eigenvalue weighted by Gasteiger charge is -2.05. The third-order valence-electron chi connectivity index (χ3n) is 2.10. The predicted octanol–water partition coefficient (Wildman–Crippen LogP) is 3.23. The zero-order chi connectivity index (χ0) is 10.1. The van der Waals surface area contributed by atoms with E-state index in [4.69, 9.17) is 22.1 Å². The predicted molar refractivity (Wildman–Crippen MR) is 62.3 cm³/mol. The summed E-state index contributed by atoms with van der Waals surface area (Å²) in [6.45, 7) is 0. The van der Waals surface area contributed by atoms with Crippen LogP contribution in [0.4, 0.5) is 5.69 Å². The molecule has 74 valence electrons. The molecule has 1 aromatic heterocycles. The molecule has 0 saturated carbocycles. The Morgan fingerprint density at radius 3 is 2.93 bits per heavy atom. The van der Waals surface area contributed by atoms with Crippen LogP contribution in [0.25, 0.3) is 10.1 Å². The Hall–Kier alpha value is -0.930. The van der Waals surface area contributed by atoms with Gasteiger partial charge in [-0.2, -0.15) is 0 Å². The summed E-state index contributed by atoms with van der Waals surface area (Å²) in [6.07, 6.45) is 0. The summed E-state index contributed by atoms with van der Waals surface area (Å²) in [5, 5.41) is 2.91. The van der Waals surface area contributed by atoms with Crippen molar-refractivity contribution in [3.05, 3.63) is 23.1 Å². The number of hydrogen-bond donors (Lipinski definition) is 1. The van der Waals surface area contributed by atoms with Crippen molar-refractivity contribution < 1.29 is 4.74 Å². The molecule has 0 aliphatic heterocycles. The quantitative estimate of drug-likeness (QED) is 0.800. The van der Waals surface area contributed by atoms with E-state index < -0.39 is 0 Å². The molecule has 0 saturated heterocycles. The molecule has 2 nitrogen and oxygen atoms in total. The average molecular weight is 228 g/mol. The number of anilines is 1. The van der Waals surface area contributed by atoms with Gasteiger partial charge >= 0.3 is 0 Å².